The van der Waals surface area contributed by atoms with Crippen LogP contribution in [0.3, 0.4) is 0 Å². The summed E-state index contributed by atoms with van der Waals surface area (Å²) in [5.41, 5.74) is 4.72. The lowest BCUT2D eigenvalue weighted by atomic mass is 9.81. The van der Waals surface area contributed by atoms with E-state index in [0.29, 0.717) is 5.92 Å². The average molecular weight is 477 g/mol. The van der Waals surface area contributed by atoms with Crippen LogP contribution in [0, 0.1) is 0 Å². The van der Waals surface area contributed by atoms with Crippen molar-refractivity contribution in [1.29, 1.82) is 0 Å². The van der Waals surface area contributed by atoms with Gasteiger partial charge in [0, 0.05) is 54.2 Å². The first-order valence-corrected chi connectivity index (χ1v) is 10.7. The van der Waals surface area contributed by atoms with Gasteiger partial charge in [0.05, 0.1) is 42.3 Å². The van der Waals surface area contributed by atoms with Gasteiger partial charge in [0.25, 0.3) is 0 Å². The summed E-state index contributed by atoms with van der Waals surface area (Å²) in [7, 11) is 0. The molecule has 0 spiro atoms. The van der Waals surface area contributed by atoms with E-state index in [0.717, 1.165) is 43.6 Å². The third kappa shape index (κ3) is 3.40. The molecule has 1 aliphatic carbocycles. The van der Waals surface area contributed by atoms with Crippen LogP contribution in [0.4, 0.5) is 0 Å². The summed E-state index contributed by atoms with van der Waals surface area (Å²) >= 11 is 2.31. The standard InChI is InChI=1S/C20H24IN5O/c21-26-13-19(16-11-23-24-12-16)18-9-15(10-22-20(18)26)14-1-3-17(4-2-14)25-5-7-27-8-6-25/h9-14,17H,1-8H2,(H,23,24). The van der Waals surface area contributed by atoms with Gasteiger partial charge in [-0.05, 0) is 43.2 Å². The lowest BCUT2D eigenvalue weighted by Crippen LogP contribution is -2.44. The fraction of sp³-hybridized carbons (Fsp3) is 0.500. The monoisotopic (exact) mass is 477 g/mol. The topological polar surface area (TPSA) is 59.0 Å². The van der Waals surface area contributed by atoms with Gasteiger partial charge >= 0.3 is 0 Å². The molecule has 2 aliphatic rings. The van der Waals surface area contributed by atoms with Crippen molar-refractivity contribution >= 4 is 33.9 Å². The van der Waals surface area contributed by atoms with Crippen molar-refractivity contribution in [1.82, 2.24) is 22.9 Å². The van der Waals surface area contributed by atoms with Crippen molar-refractivity contribution in [2.45, 2.75) is 37.6 Å². The fourth-order valence-electron chi connectivity index (χ4n) is 4.65. The van der Waals surface area contributed by atoms with Crippen molar-refractivity contribution in [3.05, 3.63) is 36.4 Å². The molecule has 4 heterocycles. The Kier molecular flexibility index (Phi) is 4.91. The second-order valence-corrected chi connectivity index (χ2v) is 8.67. The van der Waals surface area contributed by atoms with Crippen LogP contribution in [0.5, 0.6) is 0 Å². The van der Waals surface area contributed by atoms with Gasteiger partial charge in [-0.2, -0.15) is 5.10 Å². The highest BCUT2D eigenvalue weighted by atomic mass is 127. The predicted molar refractivity (Wildman–Crippen MR) is 114 cm³/mol. The zero-order valence-corrected chi connectivity index (χ0v) is 17.4. The van der Waals surface area contributed by atoms with Crippen molar-refractivity contribution < 1.29 is 4.74 Å². The summed E-state index contributed by atoms with van der Waals surface area (Å²) in [5, 5.41) is 8.25. The maximum Gasteiger partial charge on any atom is 0.149 e. The Labute approximate surface area is 172 Å². The molecule has 3 aromatic heterocycles. The van der Waals surface area contributed by atoms with Crippen molar-refractivity contribution in [2.75, 3.05) is 26.3 Å². The number of hydrogen-bond acceptors (Lipinski definition) is 4. The van der Waals surface area contributed by atoms with Gasteiger partial charge < -0.3 is 4.74 Å². The molecule has 0 unspecified atom stereocenters. The molecule has 27 heavy (non-hydrogen) atoms. The number of ether oxygens (including phenoxy) is 1. The number of halogens is 1. The Balaban J connectivity index is 1.37. The lowest BCUT2D eigenvalue weighted by Gasteiger charge is -2.38. The highest BCUT2D eigenvalue weighted by molar-refractivity contribution is 14.1. The molecule has 0 radical (unpaired) electrons. The first kappa shape index (κ1) is 17.6. The first-order chi connectivity index (χ1) is 13.3. The summed E-state index contributed by atoms with van der Waals surface area (Å²) in [6, 6.07) is 3.10. The smallest absolute Gasteiger partial charge is 0.149 e. The van der Waals surface area contributed by atoms with E-state index in [2.05, 4.69) is 59.2 Å². The molecular formula is C20H24IN5O. The van der Waals surface area contributed by atoms with Crippen molar-refractivity contribution in [3.63, 3.8) is 0 Å². The van der Waals surface area contributed by atoms with Gasteiger partial charge in [-0.3, -0.25) is 12.8 Å². The van der Waals surface area contributed by atoms with E-state index >= 15 is 0 Å². The van der Waals surface area contributed by atoms with Crippen LogP contribution in [0.15, 0.2) is 30.9 Å². The van der Waals surface area contributed by atoms with Gasteiger partial charge in [-0.25, -0.2) is 4.98 Å². The molecule has 0 amide bonds. The summed E-state index contributed by atoms with van der Waals surface area (Å²) in [6.45, 7) is 3.98. The molecule has 1 saturated heterocycles. The van der Waals surface area contributed by atoms with Crippen LogP contribution in [-0.2, 0) is 4.74 Å². The number of pyridine rings is 1. The minimum Gasteiger partial charge on any atom is -0.379 e. The summed E-state index contributed by atoms with van der Waals surface area (Å²) in [5.74, 6) is 0.619. The van der Waals surface area contributed by atoms with Crippen LogP contribution in [0.2, 0.25) is 0 Å². The predicted octanol–water partition coefficient (Wildman–Crippen LogP) is 3.98. The van der Waals surface area contributed by atoms with E-state index in [-0.39, 0.29) is 0 Å². The van der Waals surface area contributed by atoms with Gasteiger partial charge in [-0.15, -0.1) is 0 Å². The number of H-pyrrole nitrogens is 1. The van der Waals surface area contributed by atoms with Crippen LogP contribution in [0.1, 0.15) is 37.2 Å². The molecule has 0 aromatic carbocycles. The minimum atomic E-state index is 0.619. The van der Waals surface area contributed by atoms with Crippen LogP contribution >= 0.6 is 22.9 Å². The third-order valence-electron chi connectivity index (χ3n) is 6.16. The zero-order chi connectivity index (χ0) is 18.2. The lowest BCUT2D eigenvalue weighted by molar-refractivity contribution is 0.00729. The average Bonchev–Trinajstić information content (AvgIpc) is 3.37. The highest BCUT2D eigenvalue weighted by Crippen LogP contribution is 2.38. The number of fused-ring (bicyclic) bond motifs is 1. The second kappa shape index (κ2) is 7.52. The van der Waals surface area contributed by atoms with Gasteiger partial charge in [0.15, 0.2) is 0 Å². The Morgan fingerprint density at radius 1 is 1.11 bits per heavy atom. The van der Waals surface area contributed by atoms with E-state index in [1.165, 1.54) is 42.2 Å². The van der Waals surface area contributed by atoms with Crippen LogP contribution < -0.4 is 0 Å². The number of aromatic amines is 1. The normalized spacial score (nSPS) is 24.5. The zero-order valence-electron chi connectivity index (χ0n) is 15.3. The molecule has 6 nitrogen and oxygen atoms in total. The fourth-order valence-corrected chi connectivity index (χ4v) is 5.32. The Bertz CT molecular complexity index is 908. The summed E-state index contributed by atoms with van der Waals surface area (Å²) in [6.07, 6.45) is 13.1. The third-order valence-corrected chi connectivity index (χ3v) is 6.90. The molecule has 2 fully saturated rings. The molecule has 3 aromatic rings. The highest BCUT2D eigenvalue weighted by Gasteiger charge is 2.28. The SMILES string of the molecule is In1cc(-c2cn[nH]c2)c2cc(C3CCC(N4CCOCC4)CC3)cnc21. The number of hydrogen-bond donors (Lipinski definition) is 1. The van der Waals surface area contributed by atoms with E-state index in [9.17, 15) is 0 Å². The van der Waals surface area contributed by atoms with E-state index in [4.69, 9.17) is 9.72 Å². The minimum absolute atomic E-state index is 0.619. The summed E-state index contributed by atoms with van der Waals surface area (Å²) < 4.78 is 7.58. The number of nitrogens with one attached hydrogen (secondary N) is 1. The van der Waals surface area contributed by atoms with E-state index < -0.39 is 0 Å². The molecule has 7 heteroatoms. The van der Waals surface area contributed by atoms with E-state index in [1.54, 1.807) is 0 Å². The molecular weight excluding hydrogens is 453 g/mol. The Morgan fingerprint density at radius 2 is 1.93 bits per heavy atom. The number of aromatic nitrogens is 4. The molecule has 0 atom stereocenters. The molecule has 142 valence electrons. The quantitative estimate of drug-likeness (QED) is 0.580. The molecule has 0 bridgehead atoms. The molecule has 1 aliphatic heterocycles. The number of morpholine rings is 1. The van der Waals surface area contributed by atoms with E-state index in [1.807, 2.05) is 12.4 Å². The number of nitrogens with zero attached hydrogens (tertiary/aromatic N) is 4. The van der Waals surface area contributed by atoms with Crippen molar-refractivity contribution in [2.24, 2.45) is 0 Å². The van der Waals surface area contributed by atoms with Crippen molar-refractivity contribution in [3.8, 4) is 11.1 Å². The van der Waals surface area contributed by atoms with Crippen LogP contribution in [0.25, 0.3) is 22.2 Å². The van der Waals surface area contributed by atoms with Gasteiger partial charge in [0.2, 0.25) is 0 Å². The number of rotatable bonds is 3. The molecule has 1 saturated carbocycles. The van der Waals surface area contributed by atoms with Gasteiger partial charge in [0.1, 0.15) is 5.65 Å². The largest absolute Gasteiger partial charge is 0.379 e. The Morgan fingerprint density at radius 3 is 2.67 bits per heavy atom. The molecule has 1 N–H and O–H groups in total. The Hall–Kier alpha value is -1.45. The first-order valence-electron chi connectivity index (χ1n) is 9.77. The molecule has 5 rings (SSSR count). The summed E-state index contributed by atoms with van der Waals surface area (Å²) in [4.78, 5) is 7.43. The van der Waals surface area contributed by atoms with Crippen LogP contribution in [-0.4, -0.2) is 55.2 Å². The van der Waals surface area contributed by atoms with Gasteiger partial charge in [-0.1, -0.05) is 0 Å². The maximum atomic E-state index is 5.51. The second-order valence-electron chi connectivity index (χ2n) is 7.63. The maximum absolute atomic E-state index is 5.51.